The molecular weight excluding hydrogens is 967 g/mol. The molecule has 0 spiro atoms. The van der Waals surface area contributed by atoms with Gasteiger partial charge in [-0.25, -0.2) is 9.97 Å². The molecule has 2 fully saturated rings. The minimum Gasteiger partial charge on any atom is -0.379 e. The fraction of sp³-hybridized carbons (Fsp3) is 0.431. The van der Waals surface area contributed by atoms with Crippen LogP contribution >= 0.6 is 0 Å². The first-order valence-electron chi connectivity index (χ1n) is 26.6. The van der Waals surface area contributed by atoms with Crippen LogP contribution in [0.2, 0.25) is 0 Å². The van der Waals surface area contributed by atoms with E-state index in [1.807, 2.05) is 67.6 Å². The van der Waals surface area contributed by atoms with E-state index in [0.29, 0.717) is 56.7 Å². The van der Waals surface area contributed by atoms with E-state index in [2.05, 4.69) is 46.0 Å². The molecule has 3 aliphatic rings. The van der Waals surface area contributed by atoms with Crippen molar-refractivity contribution in [1.29, 1.82) is 0 Å². The van der Waals surface area contributed by atoms with Gasteiger partial charge in [-0.15, -0.1) is 0 Å². The maximum atomic E-state index is 13.3. The van der Waals surface area contributed by atoms with Gasteiger partial charge in [0.2, 0.25) is 23.7 Å². The van der Waals surface area contributed by atoms with Crippen LogP contribution < -0.4 is 21.3 Å². The average Bonchev–Trinajstić information content (AvgIpc) is 3.73. The van der Waals surface area contributed by atoms with Crippen molar-refractivity contribution in [3.63, 3.8) is 0 Å². The number of hydrogen-bond acceptors (Lipinski definition) is 15. The Bertz CT molecular complexity index is 2790. The maximum absolute atomic E-state index is 13.3. The fourth-order valence-electron chi connectivity index (χ4n) is 9.72. The number of fused-ring (bicyclic) bond motifs is 1. The van der Waals surface area contributed by atoms with Crippen molar-refractivity contribution >= 4 is 58.2 Å². The third-order valence-corrected chi connectivity index (χ3v) is 14.0. The van der Waals surface area contributed by atoms with Gasteiger partial charge in [-0.2, -0.15) is 0 Å². The molecule has 2 aromatic heterocycles. The summed E-state index contributed by atoms with van der Waals surface area (Å²) in [5.41, 5.74) is 6.51. The summed E-state index contributed by atoms with van der Waals surface area (Å²) in [6.45, 7) is 11.4. The molecule has 18 nitrogen and oxygen atoms in total. The third kappa shape index (κ3) is 15.7. The Balaban J connectivity index is 0.594. The van der Waals surface area contributed by atoms with Gasteiger partial charge in [-0.3, -0.25) is 44.0 Å². The van der Waals surface area contributed by atoms with Crippen molar-refractivity contribution in [3.8, 4) is 11.3 Å². The molecule has 4 N–H and O–H groups in total. The minimum absolute atomic E-state index is 0.0714. The zero-order chi connectivity index (χ0) is 53.1. The van der Waals surface area contributed by atoms with Gasteiger partial charge in [0.25, 0.3) is 5.91 Å². The molecule has 1 aliphatic carbocycles. The first-order valence-corrected chi connectivity index (χ1v) is 26.6. The second-order valence-electron chi connectivity index (χ2n) is 19.5. The van der Waals surface area contributed by atoms with E-state index in [9.17, 15) is 28.8 Å². The van der Waals surface area contributed by atoms with Crippen molar-refractivity contribution in [2.45, 2.75) is 77.7 Å². The first kappa shape index (κ1) is 55.2. The van der Waals surface area contributed by atoms with E-state index in [-0.39, 0.29) is 47.9 Å². The van der Waals surface area contributed by atoms with Crippen molar-refractivity contribution in [2.24, 2.45) is 11.8 Å². The number of unbranched alkanes of at least 4 members (excludes halogenated alkanes) is 5. The maximum Gasteiger partial charge on any atom is 0.255 e. The Morgan fingerprint density at radius 3 is 2.17 bits per heavy atom. The van der Waals surface area contributed by atoms with Crippen LogP contribution in [0.3, 0.4) is 0 Å². The van der Waals surface area contributed by atoms with E-state index in [1.165, 1.54) is 24.5 Å². The number of aromatic nitrogens is 3. The number of piperidine rings is 1. The normalized spacial score (nSPS) is 16.9. The van der Waals surface area contributed by atoms with Crippen LogP contribution in [-0.4, -0.2) is 132 Å². The highest BCUT2D eigenvalue weighted by atomic mass is 16.5. The van der Waals surface area contributed by atoms with Crippen LogP contribution in [0.15, 0.2) is 97.5 Å². The highest BCUT2D eigenvalue weighted by Crippen LogP contribution is 2.38. The molecule has 8 rings (SSSR count). The molecule has 4 amide bonds. The predicted molar refractivity (Wildman–Crippen MR) is 288 cm³/mol. The number of carbonyl (C=O) groups excluding carboxylic acids is 6. The lowest BCUT2D eigenvalue weighted by Crippen LogP contribution is -2.46. The zero-order valence-electron chi connectivity index (χ0n) is 43.4. The lowest BCUT2D eigenvalue weighted by molar-refractivity contribution is -0.137. The number of nitrogens with zero attached hydrogens (tertiary/aromatic N) is 5. The SMILES string of the molecule is Cc1ccc(NC(=O)c2ccc(CN3CCN(CCCCCCOCCOCCOCCCCCC(=O)Nc4cccc5c4C(=O)C(C4CCC(=O)NC4=O)C5=O)CC3)cc2)cc1Nc1nccc(-c2cccnc2)n1. The van der Waals surface area contributed by atoms with E-state index >= 15 is 0 Å². The summed E-state index contributed by atoms with van der Waals surface area (Å²) >= 11 is 0. The second-order valence-corrected chi connectivity index (χ2v) is 19.5. The Morgan fingerprint density at radius 1 is 0.711 bits per heavy atom. The number of ketones is 2. The van der Waals surface area contributed by atoms with Gasteiger partial charge in [0.05, 0.1) is 55.2 Å². The molecule has 2 unspecified atom stereocenters. The Hall–Kier alpha value is -7.09. The lowest BCUT2D eigenvalue weighted by Gasteiger charge is -2.34. The number of imide groups is 1. The Morgan fingerprint density at radius 2 is 1.43 bits per heavy atom. The molecule has 4 heterocycles. The highest BCUT2D eigenvalue weighted by Gasteiger charge is 2.48. The second kappa shape index (κ2) is 28.2. The molecule has 400 valence electrons. The molecule has 2 aliphatic heterocycles. The number of Topliss-reactive ketones (excluding diaryl/α,β-unsaturated/α-hetero) is 2. The van der Waals surface area contributed by atoms with Gasteiger partial charge >= 0.3 is 0 Å². The van der Waals surface area contributed by atoms with Gasteiger partial charge in [0, 0.05) is 105 Å². The molecular formula is C58H69N9O9. The zero-order valence-corrected chi connectivity index (χ0v) is 43.4. The van der Waals surface area contributed by atoms with Crippen molar-refractivity contribution in [2.75, 3.05) is 88.3 Å². The summed E-state index contributed by atoms with van der Waals surface area (Å²) < 4.78 is 17.1. The van der Waals surface area contributed by atoms with Crippen LogP contribution in [0.5, 0.6) is 0 Å². The van der Waals surface area contributed by atoms with Crippen LogP contribution in [0.1, 0.15) is 106 Å². The largest absolute Gasteiger partial charge is 0.379 e. The number of pyridine rings is 1. The third-order valence-electron chi connectivity index (χ3n) is 14.0. The number of ether oxygens (including phenoxy) is 3. The van der Waals surface area contributed by atoms with Crippen LogP contribution in [0.4, 0.5) is 23.0 Å². The van der Waals surface area contributed by atoms with Gasteiger partial charge in [0.1, 0.15) is 0 Å². The summed E-state index contributed by atoms with van der Waals surface area (Å²) in [6.07, 6.45) is 12.4. The Kier molecular flexibility index (Phi) is 20.4. The summed E-state index contributed by atoms with van der Waals surface area (Å²) in [5, 5.41) is 11.3. The van der Waals surface area contributed by atoms with Crippen LogP contribution in [-0.2, 0) is 35.1 Å². The number of hydrogen-bond donors (Lipinski definition) is 4. The van der Waals surface area contributed by atoms with Crippen molar-refractivity contribution < 1.29 is 43.0 Å². The number of piperazine rings is 1. The Labute approximate surface area is 444 Å². The smallest absolute Gasteiger partial charge is 0.255 e. The molecule has 5 aromatic rings. The van der Waals surface area contributed by atoms with E-state index < -0.39 is 35.2 Å². The number of rotatable bonds is 28. The number of benzene rings is 3. The summed E-state index contributed by atoms with van der Waals surface area (Å²) in [4.78, 5) is 94.7. The van der Waals surface area contributed by atoms with Gasteiger partial charge < -0.3 is 35.1 Å². The lowest BCUT2D eigenvalue weighted by atomic mass is 9.82. The summed E-state index contributed by atoms with van der Waals surface area (Å²) in [6, 6.07) is 24.0. The van der Waals surface area contributed by atoms with E-state index in [4.69, 9.17) is 14.2 Å². The molecule has 76 heavy (non-hydrogen) atoms. The first-order chi connectivity index (χ1) is 37.1. The van der Waals surface area contributed by atoms with Crippen molar-refractivity contribution in [3.05, 3.63) is 125 Å². The summed E-state index contributed by atoms with van der Waals surface area (Å²) in [7, 11) is 0. The molecule has 2 saturated heterocycles. The van der Waals surface area contributed by atoms with Crippen molar-refractivity contribution in [1.82, 2.24) is 30.1 Å². The minimum atomic E-state index is -1.19. The molecule has 0 radical (unpaired) electrons. The number of anilines is 4. The molecule has 0 bridgehead atoms. The van der Waals surface area contributed by atoms with Gasteiger partial charge in [-0.05, 0) is 105 Å². The van der Waals surface area contributed by atoms with E-state index in [1.54, 1.807) is 30.7 Å². The van der Waals surface area contributed by atoms with E-state index in [0.717, 1.165) is 94.1 Å². The van der Waals surface area contributed by atoms with Crippen LogP contribution in [0.25, 0.3) is 11.3 Å². The monoisotopic (exact) mass is 1040 g/mol. The quantitative estimate of drug-likeness (QED) is 0.0213. The number of nitrogens with one attached hydrogen (secondary N) is 4. The highest BCUT2D eigenvalue weighted by molar-refractivity contribution is 6.30. The van der Waals surface area contributed by atoms with Crippen LogP contribution in [0, 0.1) is 18.8 Å². The molecule has 2 atom stereocenters. The molecule has 18 heteroatoms. The average molecular weight is 1040 g/mol. The molecule has 3 aromatic carbocycles. The van der Waals surface area contributed by atoms with Gasteiger partial charge in [0.15, 0.2) is 11.6 Å². The summed E-state index contributed by atoms with van der Waals surface area (Å²) in [5.74, 6) is -4.04. The molecule has 0 saturated carbocycles. The standard InChI is InChI=1S/C58H69N9O9/c1-40-15-20-44(37-49(40)64-58-60-25-23-47(63-58)43-11-10-24-59-38-43)61-56(72)42-18-16-41(17-19-42)39-67-29-27-66(28-30-67)26-6-2-3-7-31-74-33-35-76-36-34-75-32-8-4-5-14-50(68)62-48-13-9-12-45-52(48)55(71)53(54(45)70)46-21-22-51(69)65-57(46)73/h9-13,15-20,23-25,37-38,46,53H,2-8,14,21-22,26-36,39H2,1H3,(H,61,72)(H,62,68)(H,60,63,64)(H,65,69,73). The number of amides is 4. The topological polar surface area (TPSA) is 223 Å². The van der Waals surface area contributed by atoms with Gasteiger partial charge in [-0.1, -0.05) is 49.6 Å². The number of aryl methyl sites for hydroxylation is 1. The predicted octanol–water partition coefficient (Wildman–Crippen LogP) is 7.82. The fourth-order valence-corrected chi connectivity index (χ4v) is 9.72. The number of carbonyl (C=O) groups is 6.